The van der Waals surface area contributed by atoms with E-state index in [9.17, 15) is 0 Å². The van der Waals surface area contributed by atoms with Gasteiger partial charge in [0.25, 0.3) is 0 Å². The average molecular weight is 319 g/mol. The van der Waals surface area contributed by atoms with Crippen molar-refractivity contribution in [3.05, 3.63) is 52.7 Å². The molecule has 0 spiro atoms. The fourth-order valence-electron chi connectivity index (χ4n) is 2.67. The fraction of sp³-hybridized carbons (Fsp3) is 0.412. The molecule has 112 valence electrons. The summed E-state index contributed by atoms with van der Waals surface area (Å²) in [5.74, 6) is 1.13. The van der Waals surface area contributed by atoms with Crippen LogP contribution in [0.2, 0.25) is 0 Å². The van der Waals surface area contributed by atoms with Crippen molar-refractivity contribution in [3.63, 3.8) is 0 Å². The molecule has 0 saturated carbocycles. The first-order chi connectivity index (χ1) is 10.3. The van der Waals surface area contributed by atoms with Gasteiger partial charge in [-0.2, -0.15) is 0 Å². The number of nitrogens with zero attached hydrogens (tertiary/aromatic N) is 2. The van der Waals surface area contributed by atoms with Crippen LogP contribution in [0.25, 0.3) is 0 Å². The summed E-state index contributed by atoms with van der Waals surface area (Å²) in [5.41, 5.74) is 0. The van der Waals surface area contributed by atoms with Gasteiger partial charge in [-0.05, 0) is 30.6 Å². The third-order valence-electron chi connectivity index (χ3n) is 4.00. The second-order valence-corrected chi connectivity index (χ2v) is 7.57. The number of piperazine rings is 1. The summed E-state index contributed by atoms with van der Waals surface area (Å²) in [6.07, 6.45) is 0. The van der Waals surface area contributed by atoms with Crippen LogP contribution in [-0.4, -0.2) is 48.8 Å². The van der Waals surface area contributed by atoms with Crippen LogP contribution in [0.15, 0.2) is 52.7 Å². The molecule has 1 aromatic carbocycles. The maximum absolute atomic E-state index is 2.65. The molecule has 2 aromatic rings. The van der Waals surface area contributed by atoms with Crippen LogP contribution in [0.4, 0.5) is 0 Å². The minimum Gasteiger partial charge on any atom is -0.304 e. The number of benzene rings is 1. The predicted molar refractivity (Wildman–Crippen MR) is 93.3 cm³/mol. The molecule has 1 atom stereocenters. The van der Waals surface area contributed by atoms with Crippen LogP contribution in [0.1, 0.15) is 10.9 Å². The lowest BCUT2D eigenvalue weighted by atomic mass is 10.2. The van der Waals surface area contributed by atoms with Gasteiger partial charge >= 0.3 is 0 Å². The van der Waals surface area contributed by atoms with Crippen LogP contribution < -0.4 is 0 Å². The van der Waals surface area contributed by atoms with Crippen LogP contribution in [0.5, 0.6) is 0 Å². The SMILES string of the molecule is CN1CCN(C(CSc2ccccc2)c2cccs2)CC1. The number of hydrogen-bond acceptors (Lipinski definition) is 4. The Kier molecular flexibility index (Phi) is 5.36. The molecule has 1 fully saturated rings. The van der Waals surface area contributed by atoms with Crippen molar-refractivity contribution in [1.82, 2.24) is 9.80 Å². The van der Waals surface area contributed by atoms with Crippen molar-refractivity contribution >= 4 is 23.1 Å². The molecule has 0 N–H and O–H groups in total. The molecule has 2 nitrogen and oxygen atoms in total. The quantitative estimate of drug-likeness (QED) is 0.774. The van der Waals surface area contributed by atoms with Gasteiger partial charge in [0.05, 0.1) is 6.04 Å². The number of likely N-dealkylation sites (N-methyl/N-ethyl adjacent to an activating group) is 1. The van der Waals surface area contributed by atoms with Gasteiger partial charge in [0, 0.05) is 41.7 Å². The molecule has 1 aliphatic heterocycles. The first kappa shape index (κ1) is 15.1. The highest BCUT2D eigenvalue weighted by molar-refractivity contribution is 7.99. The second kappa shape index (κ2) is 7.45. The third kappa shape index (κ3) is 4.10. The molecule has 0 radical (unpaired) electrons. The van der Waals surface area contributed by atoms with Gasteiger partial charge in [-0.3, -0.25) is 4.90 Å². The molecule has 0 amide bonds. The molecule has 1 aromatic heterocycles. The van der Waals surface area contributed by atoms with Gasteiger partial charge in [-0.25, -0.2) is 0 Å². The van der Waals surface area contributed by atoms with E-state index in [0.29, 0.717) is 6.04 Å². The zero-order chi connectivity index (χ0) is 14.5. The lowest BCUT2D eigenvalue weighted by Gasteiger charge is -2.37. The number of hydrogen-bond donors (Lipinski definition) is 0. The number of thiophene rings is 1. The third-order valence-corrected chi connectivity index (χ3v) is 6.06. The summed E-state index contributed by atoms with van der Waals surface area (Å²) >= 11 is 3.86. The Morgan fingerprint density at radius 1 is 1.05 bits per heavy atom. The standard InChI is InChI=1S/C17H22N2S2/c1-18-9-11-19(12-10-18)16(17-8-5-13-20-17)14-21-15-6-3-2-4-7-15/h2-8,13,16H,9-12,14H2,1H3. The Balaban J connectivity index is 1.68. The summed E-state index contributed by atoms with van der Waals surface area (Å²) in [6, 6.07) is 15.8. The molecular formula is C17H22N2S2. The van der Waals surface area contributed by atoms with E-state index in [1.807, 2.05) is 23.1 Å². The molecule has 4 heteroatoms. The van der Waals surface area contributed by atoms with Crippen molar-refractivity contribution in [3.8, 4) is 0 Å². The minimum absolute atomic E-state index is 0.545. The number of rotatable bonds is 5. The largest absolute Gasteiger partial charge is 0.304 e. The van der Waals surface area contributed by atoms with E-state index in [2.05, 4.69) is 64.7 Å². The summed E-state index contributed by atoms with van der Waals surface area (Å²) in [6.45, 7) is 4.71. The highest BCUT2D eigenvalue weighted by Gasteiger charge is 2.24. The van der Waals surface area contributed by atoms with Crippen LogP contribution in [-0.2, 0) is 0 Å². The lowest BCUT2D eigenvalue weighted by molar-refractivity contribution is 0.122. The molecular weight excluding hydrogens is 296 g/mol. The van der Waals surface area contributed by atoms with E-state index >= 15 is 0 Å². The molecule has 2 heterocycles. The Hall–Kier alpha value is -0.810. The van der Waals surface area contributed by atoms with Crippen molar-refractivity contribution in [2.24, 2.45) is 0 Å². The van der Waals surface area contributed by atoms with E-state index in [1.54, 1.807) is 0 Å². The van der Waals surface area contributed by atoms with Gasteiger partial charge in [0.1, 0.15) is 0 Å². The zero-order valence-electron chi connectivity index (χ0n) is 12.4. The molecule has 1 unspecified atom stereocenters. The summed E-state index contributed by atoms with van der Waals surface area (Å²) in [5, 5.41) is 2.20. The Labute approximate surface area is 135 Å². The van der Waals surface area contributed by atoms with Gasteiger partial charge in [0.2, 0.25) is 0 Å². The monoisotopic (exact) mass is 318 g/mol. The maximum atomic E-state index is 2.65. The van der Waals surface area contributed by atoms with Crippen molar-refractivity contribution < 1.29 is 0 Å². The summed E-state index contributed by atoms with van der Waals surface area (Å²) in [7, 11) is 2.22. The first-order valence-corrected chi connectivity index (χ1v) is 9.33. The van der Waals surface area contributed by atoms with E-state index in [0.717, 1.165) is 5.75 Å². The van der Waals surface area contributed by atoms with Crippen LogP contribution >= 0.6 is 23.1 Å². The van der Waals surface area contributed by atoms with Crippen LogP contribution in [0, 0.1) is 0 Å². The Bertz CT molecular complexity index is 519. The highest BCUT2D eigenvalue weighted by atomic mass is 32.2. The first-order valence-electron chi connectivity index (χ1n) is 7.47. The van der Waals surface area contributed by atoms with Gasteiger partial charge in [-0.1, -0.05) is 24.3 Å². The summed E-state index contributed by atoms with van der Waals surface area (Å²) < 4.78 is 0. The van der Waals surface area contributed by atoms with Crippen molar-refractivity contribution in [2.45, 2.75) is 10.9 Å². The molecule has 3 rings (SSSR count). The van der Waals surface area contributed by atoms with Gasteiger partial charge in [-0.15, -0.1) is 23.1 Å². The summed E-state index contributed by atoms with van der Waals surface area (Å²) in [4.78, 5) is 7.95. The topological polar surface area (TPSA) is 6.48 Å². The molecule has 1 saturated heterocycles. The zero-order valence-corrected chi connectivity index (χ0v) is 14.1. The highest BCUT2D eigenvalue weighted by Crippen LogP contribution is 2.32. The van der Waals surface area contributed by atoms with Gasteiger partial charge in [0.15, 0.2) is 0 Å². The van der Waals surface area contributed by atoms with Crippen molar-refractivity contribution in [1.29, 1.82) is 0 Å². The van der Waals surface area contributed by atoms with Gasteiger partial charge < -0.3 is 4.90 Å². The smallest absolute Gasteiger partial charge is 0.0536 e. The molecule has 1 aliphatic rings. The lowest BCUT2D eigenvalue weighted by Crippen LogP contribution is -2.46. The van der Waals surface area contributed by atoms with Crippen molar-refractivity contribution in [2.75, 3.05) is 39.0 Å². The maximum Gasteiger partial charge on any atom is 0.0536 e. The molecule has 0 aliphatic carbocycles. The number of thioether (sulfide) groups is 1. The normalized spacial score (nSPS) is 18.7. The van der Waals surface area contributed by atoms with Crippen LogP contribution in [0.3, 0.4) is 0 Å². The van der Waals surface area contributed by atoms with E-state index in [-0.39, 0.29) is 0 Å². The Morgan fingerprint density at radius 3 is 2.48 bits per heavy atom. The van der Waals surface area contributed by atoms with E-state index < -0.39 is 0 Å². The molecule has 21 heavy (non-hydrogen) atoms. The predicted octanol–water partition coefficient (Wildman–Crippen LogP) is 3.83. The average Bonchev–Trinajstić information content (AvgIpc) is 3.04. The van der Waals surface area contributed by atoms with E-state index in [1.165, 1.54) is 36.0 Å². The fourth-order valence-corrected chi connectivity index (χ4v) is 4.73. The Morgan fingerprint density at radius 2 is 1.81 bits per heavy atom. The minimum atomic E-state index is 0.545. The molecule has 0 bridgehead atoms. The van der Waals surface area contributed by atoms with E-state index in [4.69, 9.17) is 0 Å². The second-order valence-electron chi connectivity index (χ2n) is 5.49.